The minimum atomic E-state index is 0.399. The van der Waals surface area contributed by atoms with Crippen molar-refractivity contribution in [2.75, 3.05) is 6.61 Å². The molecule has 0 radical (unpaired) electrons. The summed E-state index contributed by atoms with van der Waals surface area (Å²) in [6, 6.07) is 13.7. The molecule has 1 aromatic carbocycles. The van der Waals surface area contributed by atoms with Crippen molar-refractivity contribution >= 4 is 0 Å². The molecule has 0 N–H and O–H groups in total. The predicted octanol–water partition coefficient (Wildman–Crippen LogP) is 3.02. The van der Waals surface area contributed by atoms with Gasteiger partial charge >= 0.3 is 0 Å². The topological polar surface area (TPSA) is 45.9 Å². The Balaban J connectivity index is 2.56. The van der Waals surface area contributed by atoms with Gasteiger partial charge in [0.25, 0.3) is 0 Å². The lowest BCUT2D eigenvalue weighted by Crippen LogP contribution is -1.98. The van der Waals surface area contributed by atoms with E-state index in [1.165, 1.54) is 0 Å². The third-order valence-corrected chi connectivity index (χ3v) is 2.39. The van der Waals surface area contributed by atoms with E-state index < -0.39 is 0 Å². The van der Waals surface area contributed by atoms with E-state index in [1.54, 1.807) is 6.20 Å². The molecule has 0 amide bonds. The van der Waals surface area contributed by atoms with E-state index in [2.05, 4.69) is 11.1 Å². The molecular formula is C14H12N2O. The van der Waals surface area contributed by atoms with Crippen molar-refractivity contribution in [2.45, 2.75) is 6.92 Å². The number of nitrogens with zero attached hydrogens (tertiary/aromatic N) is 2. The predicted molar refractivity (Wildman–Crippen MR) is 65.6 cm³/mol. The Hall–Kier alpha value is -2.34. The maximum atomic E-state index is 9.22. The van der Waals surface area contributed by atoms with Gasteiger partial charge in [-0.15, -0.1) is 0 Å². The van der Waals surface area contributed by atoms with Crippen LogP contribution in [0.1, 0.15) is 12.5 Å². The van der Waals surface area contributed by atoms with Gasteiger partial charge in [-0.1, -0.05) is 30.3 Å². The van der Waals surface area contributed by atoms with Crippen LogP contribution in [0.5, 0.6) is 5.88 Å². The fourth-order valence-electron chi connectivity index (χ4n) is 1.66. The molecule has 3 nitrogen and oxygen atoms in total. The Morgan fingerprint density at radius 1 is 1.24 bits per heavy atom. The summed E-state index contributed by atoms with van der Waals surface area (Å²) in [5, 5.41) is 9.22. The summed E-state index contributed by atoms with van der Waals surface area (Å²) in [6.45, 7) is 2.37. The molecule has 2 aromatic rings. The number of aromatic nitrogens is 1. The lowest BCUT2D eigenvalue weighted by Gasteiger charge is -2.08. The summed E-state index contributed by atoms with van der Waals surface area (Å²) in [5.74, 6) is 0.399. The first-order valence-corrected chi connectivity index (χ1v) is 5.44. The van der Waals surface area contributed by atoms with Crippen molar-refractivity contribution in [1.82, 2.24) is 4.98 Å². The van der Waals surface area contributed by atoms with Crippen molar-refractivity contribution < 1.29 is 4.74 Å². The number of rotatable bonds is 3. The smallest absolute Gasteiger partial charge is 0.232 e. The zero-order valence-electron chi connectivity index (χ0n) is 9.55. The van der Waals surface area contributed by atoms with Crippen LogP contribution in [0.3, 0.4) is 0 Å². The average Bonchev–Trinajstić information content (AvgIpc) is 2.40. The fraction of sp³-hybridized carbons (Fsp3) is 0.143. The first-order chi connectivity index (χ1) is 8.36. The molecule has 0 fully saturated rings. The molecule has 3 heteroatoms. The van der Waals surface area contributed by atoms with Crippen LogP contribution in [0, 0.1) is 11.3 Å². The second kappa shape index (κ2) is 5.13. The molecule has 1 aromatic heterocycles. The molecule has 0 saturated carbocycles. The van der Waals surface area contributed by atoms with E-state index in [-0.39, 0.29) is 0 Å². The van der Waals surface area contributed by atoms with Crippen LogP contribution in [0.4, 0.5) is 0 Å². The molecule has 17 heavy (non-hydrogen) atoms. The van der Waals surface area contributed by atoms with Gasteiger partial charge in [-0.2, -0.15) is 5.26 Å². The summed E-state index contributed by atoms with van der Waals surface area (Å²) in [4.78, 5) is 4.08. The Bertz CT molecular complexity index is 544. The van der Waals surface area contributed by atoms with Crippen molar-refractivity contribution in [3.63, 3.8) is 0 Å². The molecule has 0 bridgehead atoms. The van der Waals surface area contributed by atoms with Crippen LogP contribution in [0.15, 0.2) is 42.6 Å². The average molecular weight is 224 g/mol. The zero-order chi connectivity index (χ0) is 12.1. The van der Waals surface area contributed by atoms with Crippen LogP contribution in [0.2, 0.25) is 0 Å². The minimum Gasteiger partial charge on any atom is -0.477 e. The fourth-order valence-corrected chi connectivity index (χ4v) is 1.66. The quantitative estimate of drug-likeness (QED) is 0.805. The highest BCUT2D eigenvalue weighted by Crippen LogP contribution is 2.27. The highest BCUT2D eigenvalue weighted by molar-refractivity contribution is 5.72. The second-order valence-electron chi connectivity index (χ2n) is 3.45. The number of benzene rings is 1. The van der Waals surface area contributed by atoms with Crippen LogP contribution < -0.4 is 4.74 Å². The molecule has 2 rings (SSSR count). The molecule has 84 valence electrons. The minimum absolute atomic E-state index is 0.399. The van der Waals surface area contributed by atoms with Gasteiger partial charge in [0.05, 0.1) is 6.61 Å². The largest absolute Gasteiger partial charge is 0.477 e. The molecule has 0 aliphatic rings. The van der Waals surface area contributed by atoms with Gasteiger partial charge in [-0.25, -0.2) is 4.98 Å². The van der Waals surface area contributed by atoms with E-state index in [9.17, 15) is 5.26 Å². The van der Waals surface area contributed by atoms with E-state index >= 15 is 0 Å². The Kier molecular flexibility index (Phi) is 3.37. The summed E-state index contributed by atoms with van der Waals surface area (Å²) in [7, 11) is 0. The number of hydrogen-bond donors (Lipinski definition) is 0. The monoisotopic (exact) mass is 224 g/mol. The first kappa shape index (κ1) is 11.2. The second-order valence-corrected chi connectivity index (χ2v) is 3.45. The van der Waals surface area contributed by atoms with Crippen molar-refractivity contribution in [3.8, 4) is 23.1 Å². The van der Waals surface area contributed by atoms with E-state index in [4.69, 9.17) is 4.74 Å². The van der Waals surface area contributed by atoms with Gasteiger partial charge in [0.15, 0.2) is 0 Å². The normalized spacial score (nSPS) is 9.65. The van der Waals surface area contributed by atoms with Crippen LogP contribution in [-0.4, -0.2) is 11.6 Å². The molecule has 0 spiro atoms. The van der Waals surface area contributed by atoms with Gasteiger partial charge in [0.2, 0.25) is 5.88 Å². The standard InChI is InChI=1S/C14H12N2O/c1-2-17-14-13(10-15)12(8-9-16-14)11-6-4-3-5-7-11/h3-9H,2H2,1H3. The maximum absolute atomic E-state index is 9.22. The van der Waals surface area contributed by atoms with E-state index in [0.717, 1.165) is 11.1 Å². The van der Waals surface area contributed by atoms with Crippen LogP contribution >= 0.6 is 0 Å². The molecule has 0 saturated heterocycles. The number of pyridine rings is 1. The third-order valence-electron chi connectivity index (χ3n) is 2.39. The molecule has 0 atom stereocenters. The summed E-state index contributed by atoms with van der Waals surface area (Å²) in [5.41, 5.74) is 2.33. The van der Waals surface area contributed by atoms with E-state index in [0.29, 0.717) is 18.1 Å². The lowest BCUT2D eigenvalue weighted by molar-refractivity contribution is 0.326. The third kappa shape index (κ3) is 2.26. The zero-order valence-corrected chi connectivity index (χ0v) is 9.55. The number of hydrogen-bond acceptors (Lipinski definition) is 3. The number of ether oxygens (including phenoxy) is 1. The van der Waals surface area contributed by atoms with Crippen LogP contribution in [-0.2, 0) is 0 Å². The highest BCUT2D eigenvalue weighted by Gasteiger charge is 2.11. The Labute approximate surface area is 100 Å². The van der Waals surface area contributed by atoms with Gasteiger partial charge in [-0.3, -0.25) is 0 Å². The van der Waals surface area contributed by atoms with Gasteiger partial charge in [0.1, 0.15) is 11.6 Å². The molecule has 0 aliphatic heterocycles. The van der Waals surface area contributed by atoms with Gasteiger partial charge < -0.3 is 4.74 Å². The summed E-state index contributed by atoms with van der Waals surface area (Å²) < 4.78 is 5.36. The highest BCUT2D eigenvalue weighted by atomic mass is 16.5. The SMILES string of the molecule is CCOc1nccc(-c2ccccc2)c1C#N. The molecule has 1 heterocycles. The maximum Gasteiger partial charge on any atom is 0.232 e. The molecule has 0 aliphatic carbocycles. The molecular weight excluding hydrogens is 212 g/mol. The van der Waals surface area contributed by atoms with Gasteiger partial charge in [0, 0.05) is 11.8 Å². The van der Waals surface area contributed by atoms with Crippen molar-refractivity contribution in [3.05, 3.63) is 48.2 Å². The molecule has 0 unspecified atom stereocenters. The first-order valence-electron chi connectivity index (χ1n) is 5.44. The Morgan fingerprint density at radius 2 is 2.00 bits per heavy atom. The summed E-state index contributed by atoms with van der Waals surface area (Å²) in [6.07, 6.45) is 1.66. The van der Waals surface area contributed by atoms with Gasteiger partial charge in [-0.05, 0) is 18.6 Å². The van der Waals surface area contributed by atoms with Crippen molar-refractivity contribution in [1.29, 1.82) is 5.26 Å². The summed E-state index contributed by atoms with van der Waals surface area (Å²) >= 11 is 0. The lowest BCUT2D eigenvalue weighted by atomic mass is 10.0. The van der Waals surface area contributed by atoms with Crippen molar-refractivity contribution in [2.24, 2.45) is 0 Å². The Morgan fingerprint density at radius 3 is 2.65 bits per heavy atom. The van der Waals surface area contributed by atoms with E-state index in [1.807, 2.05) is 43.3 Å². The number of nitriles is 1. The van der Waals surface area contributed by atoms with Crippen LogP contribution in [0.25, 0.3) is 11.1 Å².